The highest BCUT2D eigenvalue weighted by molar-refractivity contribution is 5.84. The van der Waals surface area contributed by atoms with Gasteiger partial charge in [-0.25, -0.2) is 0 Å². The Morgan fingerprint density at radius 3 is 2.69 bits per heavy atom. The summed E-state index contributed by atoms with van der Waals surface area (Å²) < 4.78 is 5.92. The maximum absolute atomic E-state index is 5.92. The van der Waals surface area contributed by atoms with E-state index in [9.17, 15) is 0 Å². The van der Waals surface area contributed by atoms with Gasteiger partial charge in [0.15, 0.2) is 0 Å². The first-order chi connectivity index (χ1) is 7.63. The predicted molar refractivity (Wildman–Crippen MR) is 67.8 cm³/mol. The van der Waals surface area contributed by atoms with Gasteiger partial charge in [-0.1, -0.05) is 26.0 Å². The third-order valence-electron chi connectivity index (χ3n) is 2.96. The van der Waals surface area contributed by atoms with Gasteiger partial charge >= 0.3 is 0 Å². The topological polar surface area (TPSA) is 25.2 Å². The Kier molecular flexibility index (Phi) is 3.01. The van der Waals surface area contributed by atoms with Gasteiger partial charge in [-0.15, -0.1) is 0 Å². The van der Waals surface area contributed by atoms with Gasteiger partial charge in [-0.3, -0.25) is 0 Å². The molecule has 2 rings (SSSR count). The quantitative estimate of drug-likeness (QED) is 0.850. The van der Waals surface area contributed by atoms with E-state index >= 15 is 0 Å². The first-order valence-corrected chi connectivity index (χ1v) is 5.80. The van der Waals surface area contributed by atoms with Crippen LogP contribution in [-0.4, -0.2) is 7.05 Å². The van der Waals surface area contributed by atoms with Gasteiger partial charge in [-0.05, 0) is 37.1 Å². The Morgan fingerprint density at radius 2 is 2.06 bits per heavy atom. The third-order valence-corrected chi connectivity index (χ3v) is 2.96. The second-order valence-electron chi connectivity index (χ2n) is 4.61. The van der Waals surface area contributed by atoms with E-state index in [-0.39, 0.29) is 0 Å². The minimum atomic E-state index is 0.497. The Morgan fingerprint density at radius 1 is 1.31 bits per heavy atom. The number of benzene rings is 1. The monoisotopic (exact) mass is 217 g/mol. The Bertz CT molecular complexity index is 497. The molecule has 0 radical (unpaired) electrons. The molecule has 2 aromatic rings. The van der Waals surface area contributed by atoms with Gasteiger partial charge in [0.25, 0.3) is 0 Å². The fourth-order valence-corrected chi connectivity index (χ4v) is 2.05. The van der Waals surface area contributed by atoms with Crippen LogP contribution in [0.1, 0.15) is 36.7 Å². The van der Waals surface area contributed by atoms with Crippen LogP contribution in [0.15, 0.2) is 22.6 Å². The molecule has 1 aromatic heterocycles. The lowest BCUT2D eigenvalue weighted by Crippen LogP contribution is -2.03. The summed E-state index contributed by atoms with van der Waals surface area (Å²) >= 11 is 0. The number of hydrogen-bond acceptors (Lipinski definition) is 2. The molecule has 0 unspecified atom stereocenters. The van der Waals surface area contributed by atoms with Gasteiger partial charge in [0.05, 0.1) is 6.54 Å². The second kappa shape index (κ2) is 4.30. The van der Waals surface area contributed by atoms with E-state index in [1.54, 1.807) is 0 Å². The number of rotatable bonds is 3. The number of fused-ring (bicyclic) bond motifs is 1. The van der Waals surface area contributed by atoms with Crippen molar-refractivity contribution in [3.63, 3.8) is 0 Å². The SMILES string of the molecule is CNCc1cc2c(C)ccc(C(C)C)c2o1. The van der Waals surface area contributed by atoms with E-state index in [0.29, 0.717) is 5.92 Å². The van der Waals surface area contributed by atoms with Gasteiger partial charge in [0.2, 0.25) is 0 Å². The summed E-state index contributed by atoms with van der Waals surface area (Å²) in [5.41, 5.74) is 3.63. The molecule has 1 N–H and O–H groups in total. The lowest BCUT2D eigenvalue weighted by Gasteiger charge is -2.06. The molecule has 0 atom stereocenters. The molecule has 0 saturated heterocycles. The maximum atomic E-state index is 5.92. The number of hydrogen-bond donors (Lipinski definition) is 1. The molecule has 0 aliphatic heterocycles. The van der Waals surface area contributed by atoms with Gasteiger partial charge in [-0.2, -0.15) is 0 Å². The molecular formula is C14H19NO. The van der Waals surface area contributed by atoms with Crippen molar-refractivity contribution in [2.75, 3.05) is 7.05 Å². The van der Waals surface area contributed by atoms with Crippen LogP contribution in [0, 0.1) is 6.92 Å². The predicted octanol–water partition coefficient (Wildman–Crippen LogP) is 3.58. The van der Waals surface area contributed by atoms with E-state index in [1.807, 2.05) is 7.05 Å². The highest BCUT2D eigenvalue weighted by atomic mass is 16.3. The minimum absolute atomic E-state index is 0.497. The molecule has 0 spiro atoms. The van der Waals surface area contributed by atoms with E-state index < -0.39 is 0 Å². The molecule has 2 heteroatoms. The normalized spacial score (nSPS) is 11.6. The summed E-state index contributed by atoms with van der Waals surface area (Å²) in [7, 11) is 1.93. The average molecular weight is 217 g/mol. The molecule has 0 bridgehead atoms. The van der Waals surface area contributed by atoms with Crippen LogP contribution in [0.3, 0.4) is 0 Å². The number of nitrogens with one attached hydrogen (secondary N) is 1. The van der Waals surface area contributed by atoms with Crippen molar-refractivity contribution >= 4 is 11.0 Å². The highest BCUT2D eigenvalue weighted by Crippen LogP contribution is 2.30. The molecule has 0 saturated carbocycles. The van der Waals surface area contributed by atoms with Crippen LogP contribution in [-0.2, 0) is 6.54 Å². The third kappa shape index (κ3) is 1.85. The van der Waals surface area contributed by atoms with Gasteiger partial charge < -0.3 is 9.73 Å². The lowest BCUT2D eigenvalue weighted by molar-refractivity contribution is 0.526. The fourth-order valence-electron chi connectivity index (χ4n) is 2.05. The second-order valence-corrected chi connectivity index (χ2v) is 4.61. The molecule has 2 nitrogen and oxygen atoms in total. The smallest absolute Gasteiger partial charge is 0.138 e. The van der Waals surface area contributed by atoms with Crippen molar-refractivity contribution in [1.29, 1.82) is 0 Å². The van der Waals surface area contributed by atoms with Crippen molar-refractivity contribution in [3.8, 4) is 0 Å². The number of furan rings is 1. The summed E-state index contributed by atoms with van der Waals surface area (Å²) in [5.74, 6) is 1.50. The van der Waals surface area contributed by atoms with Crippen LogP contribution in [0.5, 0.6) is 0 Å². The van der Waals surface area contributed by atoms with Crippen LogP contribution in [0.25, 0.3) is 11.0 Å². The van der Waals surface area contributed by atoms with Crippen molar-refractivity contribution < 1.29 is 4.42 Å². The molecule has 1 aromatic carbocycles. The van der Waals surface area contributed by atoms with Crippen molar-refractivity contribution in [2.24, 2.45) is 0 Å². The summed E-state index contributed by atoms with van der Waals surface area (Å²) in [6.07, 6.45) is 0. The maximum Gasteiger partial charge on any atom is 0.138 e. The van der Waals surface area contributed by atoms with Crippen LogP contribution >= 0.6 is 0 Å². The van der Waals surface area contributed by atoms with Crippen molar-refractivity contribution in [2.45, 2.75) is 33.2 Å². The lowest BCUT2D eigenvalue weighted by atomic mass is 9.99. The summed E-state index contributed by atoms with van der Waals surface area (Å²) in [4.78, 5) is 0. The summed E-state index contributed by atoms with van der Waals surface area (Å²) in [5, 5.41) is 4.37. The zero-order valence-electron chi connectivity index (χ0n) is 10.4. The molecule has 0 amide bonds. The molecule has 0 aliphatic rings. The Labute approximate surface area is 96.6 Å². The standard InChI is InChI=1S/C14H19NO/c1-9(2)12-6-5-10(3)13-7-11(8-15-4)16-14(12)13/h5-7,9,15H,8H2,1-4H3. The zero-order chi connectivity index (χ0) is 11.7. The highest BCUT2D eigenvalue weighted by Gasteiger charge is 2.12. The van der Waals surface area contributed by atoms with Crippen LogP contribution in [0.4, 0.5) is 0 Å². The van der Waals surface area contributed by atoms with Crippen molar-refractivity contribution in [3.05, 3.63) is 35.1 Å². The Balaban J connectivity index is 2.63. The van der Waals surface area contributed by atoms with Crippen LogP contribution < -0.4 is 5.32 Å². The minimum Gasteiger partial charge on any atom is -0.459 e. The average Bonchev–Trinajstić information content (AvgIpc) is 2.62. The Hall–Kier alpha value is -1.28. The first kappa shape index (κ1) is 11.2. The zero-order valence-corrected chi connectivity index (χ0v) is 10.4. The van der Waals surface area contributed by atoms with Gasteiger partial charge in [0.1, 0.15) is 11.3 Å². The fraction of sp³-hybridized carbons (Fsp3) is 0.429. The van der Waals surface area contributed by atoms with E-state index in [2.05, 4.69) is 44.3 Å². The van der Waals surface area contributed by atoms with E-state index in [1.165, 1.54) is 16.5 Å². The largest absolute Gasteiger partial charge is 0.459 e. The summed E-state index contributed by atoms with van der Waals surface area (Å²) in [6.45, 7) is 7.31. The van der Waals surface area contributed by atoms with E-state index in [0.717, 1.165) is 17.9 Å². The summed E-state index contributed by atoms with van der Waals surface area (Å²) in [6, 6.07) is 6.50. The van der Waals surface area contributed by atoms with Gasteiger partial charge in [0, 0.05) is 5.39 Å². The molecule has 16 heavy (non-hydrogen) atoms. The molecule has 1 heterocycles. The van der Waals surface area contributed by atoms with Crippen LogP contribution in [0.2, 0.25) is 0 Å². The molecule has 86 valence electrons. The van der Waals surface area contributed by atoms with Crippen molar-refractivity contribution in [1.82, 2.24) is 5.32 Å². The first-order valence-electron chi connectivity index (χ1n) is 5.80. The molecular weight excluding hydrogens is 198 g/mol. The molecule has 0 aliphatic carbocycles. The van der Waals surface area contributed by atoms with E-state index in [4.69, 9.17) is 4.42 Å². The number of aryl methyl sites for hydroxylation is 1. The molecule has 0 fully saturated rings.